The fourth-order valence-electron chi connectivity index (χ4n) is 3.69. The summed E-state index contributed by atoms with van der Waals surface area (Å²) in [6.07, 6.45) is 4.72. The van der Waals surface area contributed by atoms with Gasteiger partial charge in [-0.3, -0.25) is 0 Å². The Balaban J connectivity index is 2.02. The first kappa shape index (κ1) is 11.8. The van der Waals surface area contributed by atoms with Crippen LogP contribution in [-0.2, 0) is 5.60 Å². The Hall–Kier alpha value is -1.22. The summed E-state index contributed by atoms with van der Waals surface area (Å²) in [6.45, 7) is 0. The molecule has 0 spiro atoms. The molecule has 2 aliphatic carbocycles. The first-order chi connectivity index (χ1) is 8.73. The molecule has 0 heterocycles. The number of rotatable bonds is 3. The van der Waals surface area contributed by atoms with Crippen molar-refractivity contribution in [2.24, 2.45) is 11.8 Å². The lowest BCUT2D eigenvalue weighted by Gasteiger charge is -2.17. The normalized spacial score (nSPS) is 33.7. The fourth-order valence-corrected chi connectivity index (χ4v) is 3.69. The molecule has 2 atom stereocenters. The summed E-state index contributed by atoms with van der Waals surface area (Å²) in [4.78, 5) is 0. The zero-order valence-corrected chi connectivity index (χ0v) is 11.0. The maximum Gasteiger partial charge on any atom is 0.166 e. The average Bonchev–Trinajstić information content (AvgIpc) is 3.05. The van der Waals surface area contributed by atoms with Gasteiger partial charge in [-0.05, 0) is 30.7 Å². The van der Waals surface area contributed by atoms with Crippen molar-refractivity contribution in [1.29, 1.82) is 0 Å². The van der Waals surface area contributed by atoms with Gasteiger partial charge in [0, 0.05) is 5.56 Å². The predicted molar refractivity (Wildman–Crippen MR) is 68.9 cm³/mol. The van der Waals surface area contributed by atoms with Crippen molar-refractivity contribution < 1.29 is 14.6 Å². The molecule has 3 nitrogen and oxygen atoms in total. The Kier molecular flexibility index (Phi) is 2.74. The van der Waals surface area contributed by atoms with Crippen LogP contribution in [0.4, 0.5) is 0 Å². The number of hydrogen-bond donors (Lipinski definition) is 1. The zero-order chi connectivity index (χ0) is 12.8. The summed E-state index contributed by atoms with van der Waals surface area (Å²) in [7, 11) is 3.27. The standard InChI is InChI=1S/C15H20O3/c1-17-13-9-5-8-12(14(13)18-2)15(16)10-6-3-4-7-11(10)15/h5,8-11,16H,3-4,6-7H2,1-2H3. The third-order valence-electron chi connectivity index (χ3n) is 4.62. The van der Waals surface area contributed by atoms with Gasteiger partial charge in [0.1, 0.15) is 0 Å². The highest BCUT2D eigenvalue weighted by molar-refractivity contribution is 5.52. The minimum atomic E-state index is -0.684. The molecule has 2 fully saturated rings. The maximum atomic E-state index is 11.0. The summed E-state index contributed by atoms with van der Waals surface area (Å²) in [5.74, 6) is 2.21. The monoisotopic (exact) mass is 248 g/mol. The van der Waals surface area contributed by atoms with Crippen molar-refractivity contribution in [1.82, 2.24) is 0 Å². The predicted octanol–water partition coefficient (Wildman–Crippen LogP) is 2.71. The molecule has 3 rings (SSSR count). The molecule has 0 aromatic heterocycles. The van der Waals surface area contributed by atoms with Gasteiger partial charge in [0.05, 0.1) is 19.8 Å². The lowest BCUT2D eigenvalue weighted by Crippen LogP contribution is -2.12. The summed E-state index contributed by atoms with van der Waals surface area (Å²) in [5, 5.41) is 11.0. The van der Waals surface area contributed by atoms with Gasteiger partial charge in [-0.2, -0.15) is 0 Å². The molecule has 98 valence electrons. The highest BCUT2D eigenvalue weighted by Crippen LogP contribution is 2.66. The SMILES string of the molecule is COc1cccc(C2(O)C3CCCCC32)c1OC. The van der Waals surface area contributed by atoms with E-state index in [-0.39, 0.29) is 0 Å². The molecule has 0 amide bonds. The van der Waals surface area contributed by atoms with Crippen molar-refractivity contribution in [3.8, 4) is 11.5 Å². The van der Waals surface area contributed by atoms with E-state index in [9.17, 15) is 5.11 Å². The van der Waals surface area contributed by atoms with Crippen molar-refractivity contribution in [3.05, 3.63) is 23.8 Å². The number of methoxy groups -OCH3 is 2. The molecule has 0 aliphatic heterocycles. The van der Waals surface area contributed by atoms with Crippen LogP contribution in [0.1, 0.15) is 31.2 Å². The van der Waals surface area contributed by atoms with Crippen LogP contribution in [0.2, 0.25) is 0 Å². The van der Waals surface area contributed by atoms with Crippen LogP contribution in [0.5, 0.6) is 11.5 Å². The zero-order valence-electron chi connectivity index (χ0n) is 11.0. The second-order valence-corrected chi connectivity index (χ2v) is 5.36. The third kappa shape index (κ3) is 1.46. The Bertz CT molecular complexity index is 443. The van der Waals surface area contributed by atoms with Gasteiger partial charge in [-0.15, -0.1) is 0 Å². The van der Waals surface area contributed by atoms with E-state index in [4.69, 9.17) is 9.47 Å². The smallest absolute Gasteiger partial charge is 0.166 e. The van der Waals surface area contributed by atoms with Crippen molar-refractivity contribution >= 4 is 0 Å². The van der Waals surface area contributed by atoms with E-state index in [0.717, 1.165) is 18.4 Å². The van der Waals surface area contributed by atoms with Crippen LogP contribution in [0, 0.1) is 11.8 Å². The molecule has 2 saturated carbocycles. The topological polar surface area (TPSA) is 38.7 Å². The number of para-hydroxylation sites is 1. The largest absolute Gasteiger partial charge is 0.493 e. The maximum absolute atomic E-state index is 11.0. The second kappa shape index (κ2) is 4.16. The van der Waals surface area contributed by atoms with Gasteiger partial charge in [0.2, 0.25) is 0 Å². The van der Waals surface area contributed by atoms with Crippen LogP contribution in [0.15, 0.2) is 18.2 Å². The summed E-state index contributed by atoms with van der Waals surface area (Å²) in [6, 6.07) is 5.77. The highest BCUT2D eigenvalue weighted by Gasteiger charge is 2.65. The molecular formula is C15H20O3. The van der Waals surface area contributed by atoms with E-state index in [2.05, 4.69) is 0 Å². The van der Waals surface area contributed by atoms with Gasteiger partial charge < -0.3 is 14.6 Å². The Morgan fingerprint density at radius 1 is 1.11 bits per heavy atom. The molecule has 2 aliphatic rings. The van der Waals surface area contributed by atoms with Gasteiger partial charge in [0.15, 0.2) is 11.5 Å². The van der Waals surface area contributed by atoms with E-state index < -0.39 is 5.60 Å². The Morgan fingerprint density at radius 3 is 2.33 bits per heavy atom. The lowest BCUT2D eigenvalue weighted by molar-refractivity contribution is 0.114. The van der Waals surface area contributed by atoms with Crippen LogP contribution in [0.3, 0.4) is 0 Å². The minimum Gasteiger partial charge on any atom is -0.493 e. The van der Waals surface area contributed by atoms with Crippen molar-refractivity contribution in [2.45, 2.75) is 31.3 Å². The Labute approximate surface area is 108 Å². The van der Waals surface area contributed by atoms with E-state index >= 15 is 0 Å². The number of fused-ring (bicyclic) bond motifs is 1. The molecule has 0 radical (unpaired) electrons. The van der Waals surface area contributed by atoms with E-state index in [1.54, 1.807) is 14.2 Å². The third-order valence-corrected chi connectivity index (χ3v) is 4.62. The molecule has 0 saturated heterocycles. The summed E-state index contributed by atoms with van der Waals surface area (Å²) >= 11 is 0. The van der Waals surface area contributed by atoms with Crippen LogP contribution >= 0.6 is 0 Å². The number of benzene rings is 1. The van der Waals surface area contributed by atoms with Gasteiger partial charge in [0.25, 0.3) is 0 Å². The number of hydrogen-bond acceptors (Lipinski definition) is 3. The van der Waals surface area contributed by atoms with E-state index in [1.807, 2.05) is 18.2 Å². The van der Waals surface area contributed by atoms with Gasteiger partial charge in [-0.1, -0.05) is 25.0 Å². The molecule has 2 unspecified atom stereocenters. The fraction of sp³-hybridized carbons (Fsp3) is 0.600. The van der Waals surface area contributed by atoms with E-state index in [1.165, 1.54) is 12.8 Å². The van der Waals surface area contributed by atoms with E-state index in [0.29, 0.717) is 23.3 Å². The van der Waals surface area contributed by atoms with Crippen LogP contribution in [-0.4, -0.2) is 19.3 Å². The number of ether oxygens (including phenoxy) is 2. The quantitative estimate of drug-likeness (QED) is 0.894. The van der Waals surface area contributed by atoms with Crippen LogP contribution < -0.4 is 9.47 Å². The van der Waals surface area contributed by atoms with Crippen molar-refractivity contribution in [2.75, 3.05) is 14.2 Å². The van der Waals surface area contributed by atoms with Gasteiger partial charge in [-0.25, -0.2) is 0 Å². The molecule has 1 aromatic carbocycles. The Morgan fingerprint density at radius 2 is 1.78 bits per heavy atom. The van der Waals surface area contributed by atoms with Crippen molar-refractivity contribution in [3.63, 3.8) is 0 Å². The average molecular weight is 248 g/mol. The minimum absolute atomic E-state index is 0.409. The first-order valence-corrected chi connectivity index (χ1v) is 6.67. The molecule has 1 N–H and O–H groups in total. The number of aliphatic hydroxyl groups is 1. The van der Waals surface area contributed by atoms with Crippen LogP contribution in [0.25, 0.3) is 0 Å². The lowest BCUT2D eigenvalue weighted by atomic mass is 10.0. The second-order valence-electron chi connectivity index (χ2n) is 5.36. The first-order valence-electron chi connectivity index (χ1n) is 6.67. The van der Waals surface area contributed by atoms with Gasteiger partial charge >= 0.3 is 0 Å². The summed E-state index contributed by atoms with van der Waals surface area (Å²) < 4.78 is 10.8. The molecule has 18 heavy (non-hydrogen) atoms. The summed E-state index contributed by atoms with van der Waals surface area (Å²) in [5.41, 5.74) is 0.220. The molecule has 1 aromatic rings. The molecule has 3 heteroatoms. The molecule has 0 bridgehead atoms. The molecular weight excluding hydrogens is 228 g/mol. The highest BCUT2D eigenvalue weighted by atomic mass is 16.5.